The molecule has 2 heterocycles. The molecule has 5 amide bonds. The molecule has 38 heavy (non-hydrogen) atoms. The Bertz CT molecular complexity index is 937. The summed E-state index contributed by atoms with van der Waals surface area (Å²) < 4.78 is 0. The van der Waals surface area contributed by atoms with Gasteiger partial charge in [0.25, 0.3) is 0 Å². The lowest BCUT2D eigenvalue weighted by Crippen LogP contribution is -2.57. The van der Waals surface area contributed by atoms with E-state index in [-0.39, 0.29) is 42.8 Å². The number of ketones is 1. The lowest BCUT2D eigenvalue weighted by molar-refractivity contribution is -0.147. The fourth-order valence-corrected chi connectivity index (χ4v) is 4.93. The Hall–Kier alpha value is -3.31. The maximum Gasteiger partial charge on any atom is 0.245 e. The molecule has 2 aliphatic heterocycles. The summed E-state index contributed by atoms with van der Waals surface area (Å²) in [5.74, 6) is -2.11. The van der Waals surface area contributed by atoms with Crippen LogP contribution >= 0.6 is 0 Å². The van der Waals surface area contributed by atoms with E-state index in [1.807, 2.05) is 13.8 Å². The maximum atomic E-state index is 13.3. The molecule has 0 aromatic carbocycles. The third kappa shape index (κ3) is 8.09. The second-order valence-electron chi connectivity index (χ2n) is 10.6. The second kappa shape index (κ2) is 14.0. The number of hydrogen-bond donors (Lipinski definition) is 3. The number of amides is 5. The van der Waals surface area contributed by atoms with Crippen molar-refractivity contribution in [3.05, 3.63) is 0 Å². The summed E-state index contributed by atoms with van der Waals surface area (Å²) in [4.78, 5) is 89.5. The van der Waals surface area contributed by atoms with Crippen LogP contribution in [0.3, 0.4) is 0 Å². The number of carbonyl (C=O) groups is 7. The van der Waals surface area contributed by atoms with Crippen molar-refractivity contribution in [2.45, 2.75) is 103 Å². The molecule has 0 aromatic rings. The SMILES string of the molecule is CC(=O)[C@H](CC(C)C)N(C)C(=O)[C@@H]1CCCN1C(=O)[C@H](C)NC(=O)[C@H](CCC=O)NC(=O)C1CCC(=O)N1. The number of nitrogens with one attached hydrogen (secondary N) is 3. The zero-order valence-corrected chi connectivity index (χ0v) is 23.0. The maximum absolute atomic E-state index is 13.3. The minimum absolute atomic E-state index is 0.0143. The molecule has 0 saturated carbocycles. The highest BCUT2D eigenvalue weighted by Gasteiger charge is 2.40. The number of aldehydes is 1. The highest BCUT2D eigenvalue weighted by Crippen LogP contribution is 2.22. The Morgan fingerprint density at radius 1 is 1.13 bits per heavy atom. The summed E-state index contributed by atoms with van der Waals surface area (Å²) in [6.45, 7) is 7.23. The number of hydrogen-bond acceptors (Lipinski definition) is 7. The van der Waals surface area contributed by atoms with Gasteiger partial charge in [-0.1, -0.05) is 13.8 Å². The topological polar surface area (TPSA) is 162 Å². The molecule has 5 atom stereocenters. The van der Waals surface area contributed by atoms with Crippen LogP contribution in [0.25, 0.3) is 0 Å². The highest BCUT2D eigenvalue weighted by atomic mass is 16.2. The van der Waals surface area contributed by atoms with Gasteiger partial charge >= 0.3 is 0 Å². The van der Waals surface area contributed by atoms with Gasteiger partial charge in [0.05, 0.1) is 6.04 Å². The molecule has 0 aromatic heterocycles. The number of likely N-dealkylation sites (tertiary alicyclic amines) is 1. The van der Waals surface area contributed by atoms with Crippen molar-refractivity contribution >= 4 is 41.6 Å². The Labute approximate surface area is 223 Å². The molecule has 0 radical (unpaired) electrons. The molecule has 2 fully saturated rings. The van der Waals surface area contributed by atoms with Crippen LogP contribution in [0.5, 0.6) is 0 Å². The molecule has 3 N–H and O–H groups in total. The van der Waals surface area contributed by atoms with Gasteiger partial charge in [-0.3, -0.25) is 28.8 Å². The monoisotopic (exact) mass is 535 g/mol. The van der Waals surface area contributed by atoms with E-state index in [2.05, 4.69) is 16.0 Å². The van der Waals surface area contributed by atoms with Crippen molar-refractivity contribution in [3.63, 3.8) is 0 Å². The van der Waals surface area contributed by atoms with Crippen LogP contribution in [0, 0.1) is 5.92 Å². The van der Waals surface area contributed by atoms with Crippen molar-refractivity contribution in [2.24, 2.45) is 5.92 Å². The van der Waals surface area contributed by atoms with Gasteiger partial charge in [-0.05, 0) is 51.9 Å². The van der Waals surface area contributed by atoms with Crippen LogP contribution < -0.4 is 16.0 Å². The molecular formula is C26H41N5O7. The van der Waals surface area contributed by atoms with Crippen LogP contribution in [0.15, 0.2) is 0 Å². The number of nitrogens with zero attached hydrogens (tertiary/aromatic N) is 2. The van der Waals surface area contributed by atoms with Crippen molar-refractivity contribution < 1.29 is 33.6 Å². The van der Waals surface area contributed by atoms with Crippen LogP contribution in [0.1, 0.15) is 72.6 Å². The van der Waals surface area contributed by atoms with Crippen molar-refractivity contribution in [1.82, 2.24) is 25.8 Å². The molecule has 12 heteroatoms. The van der Waals surface area contributed by atoms with E-state index in [4.69, 9.17) is 0 Å². The Balaban J connectivity index is 2.06. The molecular weight excluding hydrogens is 494 g/mol. The molecule has 0 spiro atoms. The molecule has 1 unspecified atom stereocenters. The molecule has 12 nitrogen and oxygen atoms in total. The molecule has 2 aliphatic rings. The third-order valence-electron chi connectivity index (χ3n) is 7.05. The average Bonchev–Trinajstić information content (AvgIpc) is 3.52. The van der Waals surface area contributed by atoms with E-state index in [1.54, 1.807) is 7.05 Å². The summed E-state index contributed by atoms with van der Waals surface area (Å²) in [6.07, 6.45) is 2.77. The zero-order chi connectivity index (χ0) is 28.6. The zero-order valence-electron chi connectivity index (χ0n) is 23.0. The summed E-state index contributed by atoms with van der Waals surface area (Å²) in [5, 5.41) is 7.69. The van der Waals surface area contributed by atoms with E-state index in [9.17, 15) is 33.6 Å². The second-order valence-corrected chi connectivity index (χ2v) is 10.6. The van der Waals surface area contributed by atoms with Gasteiger partial charge in [-0.25, -0.2) is 0 Å². The van der Waals surface area contributed by atoms with Crippen LogP contribution in [0.2, 0.25) is 0 Å². The first kappa shape index (κ1) is 30.9. The predicted octanol–water partition coefficient (Wildman–Crippen LogP) is -0.313. The van der Waals surface area contributed by atoms with E-state index < -0.39 is 47.9 Å². The largest absolute Gasteiger partial charge is 0.344 e. The first-order chi connectivity index (χ1) is 17.9. The summed E-state index contributed by atoms with van der Waals surface area (Å²) in [7, 11) is 1.58. The number of rotatable bonds is 13. The standard InChI is InChI=1S/C26H41N5O7/c1-15(2)14-21(17(4)33)30(5)26(38)20-9-6-12-31(20)25(37)16(3)27-23(35)18(8-7-13-32)29-24(36)19-10-11-22(34)28-19/h13,15-16,18-21H,6-12,14H2,1-5H3,(H,27,35)(H,28,34)(H,29,36)/t16-,18-,19?,20-,21-/m0/s1. The Morgan fingerprint density at radius 3 is 2.37 bits per heavy atom. The third-order valence-corrected chi connectivity index (χ3v) is 7.05. The van der Waals surface area contributed by atoms with E-state index >= 15 is 0 Å². The average molecular weight is 536 g/mol. The van der Waals surface area contributed by atoms with Crippen LogP contribution in [-0.4, -0.2) is 95.2 Å². The highest BCUT2D eigenvalue weighted by molar-refractivity contribution is 5.97. The van der Waals surface area contributed by atoms with E-state index in [0.29, 0.717) is 38.5 Å². The predicted molar refractivity (Wildman–Crippen MR) is 137 cm³/mol. The van der Waals surface area contributed by atoms with Gasteiger partial charge in [-0.2, -0.15) is 0 Å². The molecule has 2 saturated heterocycles. The van der Waals surface area contributed by atoms with Crippen molar-refractivity contribution in [3.8, 4) is 0 Å². The van der Waals surface area contributed by atoms with Crippen LogP contribution in [0.4, 0.5) is 0 Å². The first-order valence-corrected chi connectivity index (χ1v) is 13.3. The lowest BCUT2D eigenvalue weighted by Gasteiger charge is -2.34. The van der Waals surface area contributed by atoms with E-state index in [0.717, 1.165) is 0 Å². The number of carbonyl (C=O) groups excluding carboxylic acids is 7. The van der Waals surface area contributed by atoms with Gasteiger partial charge in [0, 0.05) is 26.4 Å². The fourth-order valence-electron chi connectivity index (χ4n) is 4.93. The van der Waals surface area contributed by atoms with Gasteiger partial charge in [0.1, 0.15) is 30.5 Å². The van der Waals surface area contributed by atoms with E-state index in [1.165, 1.54) is 23.6 Å². The summed E-state index contributed by atoms with van der Waals surface area (Å²) in [6, 6.07) is -4.14. The quantitative estimate of drug-likeness (QED) is 0.272. The lowest BCUT2D eigenvalue weighted by atomic mass is 9.99. The normalized spacial score (nSPS) is 21.3. The minimum Gasteiger partial charge on any atom is -0.344 e. The van der Waals surface area contributed by atoms with Crippen LogP contribution in [-0.2, 0) is 33.6 Å². The Morgan fingerprint density at radius 2 is 1.82 bits per heavy atom. The van der Waals surface area contributed by atoms with Gasteiger partial charge in [0.15, 0.2) is 5.78 Å². The fraction of sp³-hybridized carbons (Fsp3) is 0.731. The van der Waals surface area contributed by atoms with Crippen molar-refractivity contribution in [1.29, 1.82) is 0 Å². The summed E-state index contributed by atoms with van der Waals surface area (Å²) >= 11 is 0. The number of likely N-dealkylation sites (N-methyl/N-ethyl adjacent to an activating group) is 1. The molecule has 212 valence electrons. The first-order valence-electron chi connectivity index (χ1n) is 13.3. The minimum atomic E-state index is -1.07. The summed E-state index contributed by atoms with van der Waals surface area (Å²) in [5.41, 5.74) is 0. The number of Topliss-reactive ketones (excluding diaryl/α,β-unsaturated/α-hetero) is 1. The smallest absolute Gasteiger partial charge is 0.245 e. The molecule has 2 rings (SSSR count). The van der Waals surface area contributed by atoms with Gasteiger partial charge in [0.2, 0.25) is 29.5 Å². The Kier molecular flexibility index (Phi) is 11.4. The molecule has 0 bridgehead atoms. The van der Waals surface area contributed by atoms with Gasteiger partial charge in [-0.15, -0.1) is 0 Å². The van der Waals surface area contributed by atoms with Crippen molar-refractivity contribution in [2.75, 3.05) is 13.6 Å². The molecule has 0 aliphatic carbocycles. The van der Waals surface area contributed by atoms with Gasteiger partial charge < -0.3 is 30.5 Å².